The van der Waals surface area contributed by atoms with E-state index in [1.807, 2.05) is 19.1 Å². The first kappa shape index (κ1) is 13.9. The molecule has 0 bridgehead atoms. The zero-order chi connectivity index (χ0) is 15.0. The first-order chi connectivity index (χ1) is 10.0. The van der Waals surface area contributed by atoms with Crippen LogP contribution in [0.1, 0.15) is 32.3 Å². The molecular weight excluding hydrogens is 262 g/mol. The molecule has 3 rings (SSSR count). The van der Waals surface area contributed by atoms with Gasteiger partial charge >= 0.3 is 0 Å². The highest BCUT2D eigenvalue weighted by Crippen LogP contribution is 2.39. The van der Waals surface area contributed by atoms with Gasteiger partial charge in [0.25, 0.3) is 0 Å². The zero-order valence-corrected chi connectivity index (χ0v) is 12.6. The molecule has 0 aromatic heterocycles. The Kier molecular flexibility index (Phi) is 3.36. The maximum atomic E-state index is 12.4. The minimum absolute atomic E-state index is 0.0606. The SMILES string of the molecule is C[C@H]1Cc2ccccc2N1CC(=O)N[C@](C)(C#N)C1CC1. The summed E-state index contributed by atoms with van der Waals surface area (Å²) in [5, 5.41) is 12.3. The van der Waals surface area contributed by atoms with Gasteiger partial charge < -0.3 is 10.2 Å². The van der Waals surface area contributed by atoms with Gasteiger partial charge in [0, 0.05) is 11.7 Å². The summed E-state index contributed by atoms with van der Waals surface area (Å²) in [6.07, 6.45) is 3.04. The molecule has 1 heterocycles. The Morgan fingerprint density at radius 1 is 1.48 bits per heavy atom. The number of fused-ring (bicyclic) bond motifs is 1. The monoisotopic (exact) mass is 283 g/mol. The number of hydrogen-bond acceptors (Lipinski definition) is 3. The van der Waals surface area contributed by atoms with E-state index >= 15 is 0 Å². The molecule has 4 nitrogen and oxygen atoms in total. The van der Waals surface area contributed by atoms with Crippen molar-refractivity contribution in [2.75, 3.05) is 11.4 Å². The Labute approximate surface area is 125 Å². The minimum Gasteiger partial charge on any atom is -0.359 e. The quantitative estimate of drug-likeness (QED) is 0.922. The standard InChI is InChI=1S/C17H21N3O/c1-12-9-13-5-3-4-6-15(13)20(12)10-16(21)19-17(2,11-18)14-7-8-14/h3-6,12,14H,7-10H2,1-2H3,(H,19,21)/t12-,17+/m0/s1. The van der Waals surface area contributed by atoms with E-state index in [9.17, 15) is 10.1 Å². The van der Waals surface area contributed by atoms with Gasteiger partial charge in [0.1, 0.15) is 5.54 Å². The summed E-state index contributed by atoms with van der Waals surface area (Å²) < 4.78 is 0. The normalized spacial score (nSPS) is 23.1. The van der Waals surface area contributed by atoms with Crippen LogP contribution in [0.25, 0.3) is 0 Å². The van der Waals surface area contributed by atoms with E-state index in [1.54, 1.807) is 0 Å². The van der Waals surface area contributed by atoms with Crippen molar-refractivity contribution >= 4 is 11.6 Å². The van der Waals surface area contributed by atoms with E-state index < -0.39 is 5.54 Å². The number of nitriles is 1. The Bertz CT molecular complexity index is 602. The van der Waals surface area contributed by atoms with Crippen LogP contribution < -0.4 is 10.2 Å². The first-order valence-corrected chi connectivity index (χ1v) is 7.60. The second kappa shape index (κ2) is 5.07. The van der Waals surface area contributed by atoms with Crippen LogP contribution in [0.4, 0.5) is 5.69 Å². The number of nitrogens with zero attached hydrogens (tertiary/aromatic N) is 2. The van der Waals surface area contributed by atoms with Gasteiger partial charge in [0.15, 0.2) is 0 Å². The minimum atomic E-state index is -0.709. The number of carbonyl (C=O) groups is 1. The van der Waals surface area contributed by atoms with Crippen LogP contribution in [0.3, 0.4) is 0 Å². The molecule has 4 heteroatoms. The molecule has 2 aliphatic rings. The van der Waals surface area contributed by atoms with Gasteiger partial charge in [-0.2, -0.15) is 5.26 Å². The highest BCUT2D eigenvalue weighted by molar-refractivity contribution is 5.83. The topological polar surface area (TPSA) is 56.1 Å². The second-order valence-electron chi connectivity index (χ2n) is 6.45. The lowest BCUT2D eigenvalue weighted by molar-refractivity contribution is -0.121. The Balaban J connectivity index is 1.69. The number of nitrogens with one attached hydrogen (secondary N) is 1. The maximum Gasteiger partial charge on any atom is 0.240 e. The van der Waals surface area contributed by atoms with Crippen LogP contribution in [-0.4, -0.2) is 24.0 Å². The van der Waals surface area contributed by atoms with E-state index in [4.69, 9.17) is 0 Å². The molecule has 0 radical (unpaired) electrons. The lowest BCUT2D eigenvalue weighted by atomic mass is 9.98. The number of carbonyl (C=O) groups excluding carboxylic acids is 1. The fourth-order valence-electron chi connectivity index (χ4n) is 3.24. The van der Waals surface area contributed by atoms with Gasteiger partial charge in [0.05, 0.1) is 12.6 Å². The Hall–Kier alpha value is -2.02. The van der Waals surface area contributed by atoms with Crippen LogP contribution in [0.2, 0.25) is 0 Å². The van der Waals surface area contributed by atoms with Gasteiger partial charge in [-0.1, -0.05) is 18.2 Å². The lowest BCUT2D eigenvalue weighted by Gasteiger charge is -2.28. The van der Waals surface area contributed by atoms with Gasteiger partial charge in [-0.3, -0.25) is 4.79 Å². The molecule has 1 amide bonds. The van der Waals surface area contributed by atoms with E-state index in [0.29, 0.717) is 18.5 Å². The highest BCUT2D eigenvalue weighted by Gasteiger charge is 2.43. The molecule has 21 heavy (non-hydrogen) atoms. The van der Waals surface area contributed by atoms with Crippen molar-refractivity contribution in [3.05, 3.63) is 29.8 Å². The van der Waals surface area contributed by atoms with Crippen molar-refractivity contribution in [3.63, 3.8) is 0 Å². The molecule has 1 N–H and O–H groups in total. The molecule has 0 spiro atoms. The van der Waals surface area contributed by atoms with E-state index in [0.717, 1.165) is 24.9 Å². The van der Waals surface area contributed by atoms with Crippen molar-refractivity contribution < 1.29 is 4.79 Å². The van der Waals surface area contributed by atoms with Crippen LogP contribution in [-0.2, 0) is 11.2 Å². The van der Waals surface area contributed by atoms with Crippen molar-refractivity contribution in [3.8, 4) is 6.07 Å². The zero-order valence-electron chi connectivity index (χ0n) is 12.6. The molecule has 1 aromatic rings. The number of hydrogen-bond donors (Lipinski definition) is 1. The summed E-state index contributed by atoms with van der Waals surface area (Å²) in [5.74, 6) is 0.254. The first-order valence-electron chi connectivity index (χ1n) is 7.60. The highest BCUT2D eigenvalue weighted by atomic mass is 16.2. The molecule has 1 fully saturated rings. The van der Waals surface area contributed by atoms with Gasteiger partial charge in [-0.15, -0.1) is 0 Å². The third-order valence-corrected chi connectivity index (χ3v) is 4.69. The fourth-order valence-corrected chi connectivity index (χ4v) is 3.24. The summed E-state index contributed by atoms with van der Waals surface area (Å²) in [4.78, 5) is 14.5. The number of rotatable bonds is 4. The number of para-hydroxylation sites is 1. The number of anilines is 1. The molecule has 110 valence electrons. The smallest absolute Gasteiger partial charge is 0.240 e. The van der Waals surface area contributed by atoms with Gasteiger partial charge in [-0.05, 0) is 50.7 Å². The molecule has 1 aromatic carbocycles. The van der Waals surface area contributed by atoms with Crippen molar-refractivity contribution in [2.45, 2.75) is 44.7 Å². The summed E-state index contributed by atoms with van der Waals surface area (Å²) in [6, 6.07) is 10.8. The van der Waals surface area contributed by atoms with Crippen LogP contribution in [0.15, 0.2) is 24.3 Å². The van der Waals surface area contributed by atoms with E-state index in [-0.39, 0.29) is 5.91 Å². The summed E-state index contributed by atoms with van der Waals surface area (Å²) in [6.45, 7) is 4.30. The second-order valence-corrected chi connectivity index (χ2v) is 6.45. The van der Waals surface area contributed by atoms with Gasteiger partial charge in [-0.25, -0.2) is 0 Å². The van der Waals surface area contributed by atoms with E-state index in [2.05, 4.69) is 35.3 Å². The maximum absolute atomic E-state index is 12.4. The molecular formula is C17H21N3O. The summed E-state index contributed by atoms with van der Waals surface area (Å²) in [7, 11) is 0. The van der Waals surface area contributed by atoms with Gasteiger partial charge in [0.2, 0.25) is 5.91 Å². The fraction of sp³-hybridized carbons (Fsp3) is 0.529. The Morgan fingerprint density at radius 3 is 2.86 bits per heavy atom. The van der Waals surface area contributed by atoms with Crippen LogP contribution >= 0.6 is 0 Å². The number of amides is 1. The Morgan fingerprint density at radius 2 is 2.19 bits per heavy atom. The molecule has 2 atom stereocenters. The predicted octanol–water partition coefficient (Wildman–Crippen LogP) is 2.25. The third kappa shape index (κ3) is 2.61. The molecule has 1 aliphatic carbocycles. The predicted molar refractivity (Wildman–Crippen MR) is 81.8 cm³/mol. The van der Waals surface area contributed by atoms with Crippen molar-refractivity contribution in [2.24, 2.45) is 5.92 Å². The average molecular weight is 283 g/mol. The van der Waals surface area contributed by atoms with Crippen molar-refractivity contribution in [1.29, 1.82) is 5.26 Å². The van der Waals surface area contributed by atoms with E-state index in [1.165, 1.54) is 5.56 Å². The van der Waals surface area contributed by atoms with Crippen LogP contribution in [0, 0.1) is 17.2 Å². The molecule has 0 unspecified atom stereocenters. The molecule has 1 saturated carbocycles. The summed E-state index contributed by atoms with van der Waals surface area (Å²) in [5.41, 5.74) is 1.73. The molecule has 1 aliphatic heterocycles. The average Bonchev–Trinajstić information content (AvgIpc) is 3.26. The molecule has 0 saturated heterocycles. The third-order valence-electron chi connectivity index (χ3n) is 4.69. The van der Waals surface area contributed by atoms with Crippen molar-refractivity contribution in [1.82, 2.24) is 5.32 Å². The summed E-state index contributed by atoms with van der Waals surface area (Å²) >= 11 is 0. The van der Waals surface area contributed by atoms with Crippen LogP contribution in [0.5, 0.6) is 0 Å². The lowest BCUT2D eigenvalue weighted by Crippen LogP contribution is -2.51. The number of benzene rings is 1. The largest absolute Gasteiger partial charge is 0.359 e.